The summed E-state index contributed by atoms with van der Waals surface area (Å²) in [6, 6.07) is 0. The van der Waals surface area contributed by atoms with Crippen LogP contribution in [-0.4, -0.2) is 37.8 Å². The minimum Gasteiger partial charge on any atom is -0.306 e. The Morgan fingerprint density at radius 3 is 2.56 bits per heavy atom. The normalized spacial score (nSPS) is 15.0. The van der Waals surface area contributed by atoms with Gasteiger partial charge in [-0.25, -0.2) is 0 Å². The Kier molecular flexibility index (Phi) is 9.21. The van der Waals surface area contributed by atoms with Gasteiger partial charge in [-0.1, -0.05) is 26.3 Å². The Bertz CT molecular complexity index is 219. The maximum absolute atomic E-state index is 4.26. The van der Waals surface area contributed by atoms with Gasteiger partial charge in [-0.15, -0.1) is 0 Å². The van der Waals surface area contributed by atoms with Crippen molar-refractivity contribution in [3.8, 4) is 0 Å². The number of nitrogens with zero attached hydrogens (tertiary/aromatic N) is 2. The molecule has 0 aliphatic carbocycles. The second kappa shape index (κ2) is 9.59. The fourth-order valence-corrected chi connectivity index (χ4v) is 1.52. The van der Waals surface area contributed by atoms with Crippen LogP contribution in [0.25, 0.3) is 0 Å². The summed E-state index contributed by atoms with van der Waals surface area (Å²) in [4.78, 5) is 6.67. The monoisotopic (exact) mass is 224 g/mol. The molecule has 16 heavy (non-hydrogen) atoms. The Balaban J connectivity index is 3.75. The van der Waals surface area contributed by atoms with Crippen LogP contribution in [0.4, 0.5) is 0 Å². The molecule has 0 radical (unpaired) electrons. The minimum atomic E-state index is 0.845. The fourth-order valence-electron chi connectivity index (χ4n) is 1.52. The summed E-state index contributed by atoms with van der Waals surface area (Å²) in [5.41, 5.74) is 1.19. The SMILES string of the molecule is C/C=C\C(CCN(C)CCC(C)CC)=NC. The first-order valence-corrected chi connectivity index (χ1v) is 6.40. The molecule has 0 heterocycles. The summed E-state index contributed by atoms with van der Waals surface area (Å²) in [7, 11) is 4.07. The van der Waals surface area contributed by atoms with Gasteiger partial charge >= 0.3 is 0 Å². The van der Waals surface area contributed by atoms with Crippen LogP contribution < -0.4 is 0 Å². The Hall–Kier alpha value is -0.630. The third-order valence-corrected chi connectivity index (χ3v) is 3.10. The first-order chi connectivity index (χ1) is 7.63. The van der Waals surface area contributed by atoms with E-state index in [0.29, 0.717) is 0 Å². The molecule has 1 atom stereocenters. The molecule has 0 saturated carbocycles. The van der Waals surface area contributed by atoms with Crippen molar-refractivity contribution >= 4 is 5.71 Å². The molecule has 2 nitrogen and oxygen atoms in total. The lowest BCUT2D eigenvalue weighted by Gasteiger charge is -2.18. The van der Waals surface area contributed by atoms with E-state index in [-0.39, 0.29) is 0 Å². The van der Waals surface area contributed by atoms with Crippen LogP contribution in [0.2, 0.25) is 0 Å². The van der Waals surface area contributed by atoms with E-state index in [9.17, 15) is 0 Å². The molecule has 0 spiro atoms. The Morgan fingerprint density at radius 1 is 1.38 bits per heavy atom. The van der Waals surface area contributed by atoms with Gasteiger partial charge in [0.1, 0.15) is 0 Å². The van der Waals surface area contributed by atoms with Crippen molar-refractivity contribution < 1.29 is 0 Å². The second-order valence-electron chi connectivity index (χ2n) is 4.57. The van der Waals surface area contributed by atoms with Gasteiger partial charge in [-0.05, 0) is 38.9 Å². The molecule has 0 aliphatic heterocycles. The van der Waals surface area contributed by atoms with Crippen molar-refractivity contribution in [1.29, 1.82) is 0 Å². The van der Waals surface area contributed by atoms with Crippen molar-refractivity contribution in [2.24, 2.45) is 10.9 Å². The van der Waals surface area contributed by atoms with Crippen molar-refractivity contribution in [3.05, 3.63) is 12.2 Å². The molecular weight excluding hydrogens is 196 g/mol. The maximum atomic E-state index is 4.26. The highest BCUT2D eigenvalue weighted by molar-refractivity contribution is 5.94. The van der Waals surface area contributed by atoms with Crippen LogP contribution in [0.1, 0.15) is 40.0 Å². The fraction of sp³-hybridized carbons (Fsp3) is 0.786. The molecule has 0 rings (SSSR count). The lowest BCUT2D eigenvalue weighted by atomic mass is 10.1. The smallest absolute Gasteiger partial charge is 0.0354 e. The van der Waals surface area contributed by atoms with Crippen LogP contribution in [-0.2, 0) is 0 Å². The van der Waals surface area contributed by atoms with Crippen molar-refractivity contribution in [2.75, 3.05) is 27.2 Å². The molecule has 0 amide bonds. The molecule has 0 fully saturated rings. The number of aliphatic imine (C=N–C) groups is 1. The van der Waals surface area contributed by atoms with Gasteiger partial charge in [-0.2, -0.15) is 0 Å². The quantitative estimate of drug-likeness (QED) is 0.577. The van der Waals surface area contributed by atoms with E-state index in [1.165, 1.54) is 25.1 Å². The van der Waals surface area contributed by atoms with Crippen LogP contribution in [0.3, 0.4) is 0 Å². The molecule has 0 aromatic heterocycles. The molecule has 0 bridgehead atoms. The minimum absolute atomic E-state index is 0.845. The highest BCUT2D eigenvalue weighted by Gasteiger charge is 2.03. The zero-order chi connectivity index (χ0) is 12.4. The largest absolute Gasteiger partial charge is 0.306 e. The van der Waals surface area contributed by atoms with Gasteiger partial charge in [0.25, 0.3) is 0 Å². The average Bonchev–Trinajstić information content (AvgIpc) is 2.31. The molecule has 94 valence electrons. The van der Waals surface area contributed by atoms with E-state index in [2.05, 4.69) is 42.9 Å². The zero-order valence-electron chi connectivity index (χ0n) is 11.7. The van der Waals surface area contributed by atoms with E-state index < -0.39 is 0 Å². The van der Waals surface area contributed by atoms with Gasteiger partial charge in [0.2, 0.25) is 0 Å². The summed E-state index contributed by atoms with van der Waals surface area (Å²) in [5, 5.41) is 0. The Morgan fingerprint density at radius 2 is 2.06 bits per heavy atom. The van der Waals surface area contributed by atoms with Crippen LogP contribution in [0.15, 0.2) is 17.1 Å². The zero-order valence-corrected chi connectivity index (χ0v) is 11.7. The standard InChI is InChI=1S/C14H28N2/c1-6-8-14(15-4)10-12-16(5)11-9-13(3)7-2/h6,8,13H,7,9-12H2,1-5H3/b8-6-,15-14?. The highest BCUT2D eigenvalue weighted by atomic mass is 15.1. The highest BCUT2D eigenvalue weighted by Crippen LogP contribution is 2.07. The molecule has 0 aliphatic rings. The number of allylic oxidation sites excluding steroid dienone is 2. The van der Waals surface area contributed by atoms with E-state index >= 15 is 0 Å². The summed E-state index contributed by atoms with van der Waals surface area (Å²) >= 11 is 0. The summed E-state index contributed by atoms with van der Waals surface area (Å²) in [6.07, 6.45) is 7.80. The lowest BCUT2D eigenvalue weighted by Crippen LogP contribution is -2.23. The van der Waals surface area contributed by atoms with Crippen molar-refractivity contribution in [3.63, 3.8) is 0 Å². The number of hydrogen-bond acceptors (Lipinski definition) is 2. The third-order valence-electron chi connectivity index (χ3n) is 3.10. The first-order valence-electron chi connectivity index (χ1n) is 6.40. The molecule has 0 N–H and O–H groups in total. The predicted molar refractivity (Wildman–Crippen MR) is 74.4 cm³/mol. The molecular formula is C14H28N2. The molecule has 0 aromatic carbocycles. The van der Waals surface area contributed by atoms with E-state index in [4.69, 9.17) is 0 Å². The van der Waals surface area contributed by atoms with Gasteiger partial charge in [-0.3, -0.25) is 4.99 Å². The van der Waals surface area contributed by atoms with Gasteiger partial charge in [0.05, 0.1) is 0 Å². The van der Waals surface area contributed by atoms with E-state index in [1.807, 2.05) is 14.0 Å². The number of hydrogen-bond donors (Lipinski definition) is 0. The molecule has 0 saturated heterocycles. The molecule has 2 heteroatoms. The van der Waals surface area contributed by atoms with E-state index in [1.54, 1.807) is 0 Å². The third kappa shape index (κ3) is 7.63. The summed E-state index contributed by atoms with van der Waals surface area (Å²) in [6.45, 7) is 8.93. The van der Waals surface area contributed by atoms with Crippen LogP contribution in [0, 0.1) is 5.92 Å². The summed E-state index contributed by atoms with van der Waals surface area (Å²) in [5.74, 6) is 0.845. The molecule has 0 aromatic rings. The van der Waals surface area contributed by atoms with E-state index in [0.717, 1.165) is 18.9 Å². The summed E-state index contributed by atoms with van der Waals surface area (Å²) < 4.78 is 0. The second-order valence-corrected chi connectivity index (χ2v) is 4.57. The maximum Gasteiger partial charge on any atom is 0.0354 e. The van der Waals surface area contributed by atoms with Crippen LogP contribution >= 0.6 is 0 Å². The van der Waals surface area contributed by atoms with Crippen molar-refractivity contribution in [2.45, 2.75) is 40.0 Å². The first kappa shape index (κ1) is 15.4. The number of rotatable bonds is 8. The van der Waals surface area contributed by atoms with Crippen molar-refractivity contribution in [1.82, 2.24) is 4.90 Å². The molecule has 1 unspecified atom stereocenters. The van der Waals surface area contributed by atoms with Gasteiger partial charge in [0, 0.05) is 25.7 Å². The average molecular weight is 224 g/mol. The lowest BCUT2D eigenvalue weighted by molar-refractivity contribution is 0.311. The Labute approximate surface area is 101 Å². The van der Waals surface area contributed by atoms with Crippen LogP contribution in [0.5, 0.6) is 0 Å². The van der Waals surface area contributed by atoms with Gasteiger partial charge < -0.3 is 4.90 Å². The topological polar surface area (TPSA) is 15.6 Å². The van der Waals surface area contributed by atoms with Gasteiger partial charge in [0.15, 0.2) is 0 Å². The predicted octanol–water partition coefficient (Wildman–Crippen LogP) is 3.39.